The topological polar surface area (TPSA) is 198 Å². The van der Waals surface area contributed by atoms with Crippen LogP contribution >= 0.6 is 11.3 Å². The molecule has 4 rings (SSSR count). The van der Waals surface area contributed by atoms with Gasteiger partial charge in [-0.25, -0.2) is 15.2 Å². The number of likely N-dealkylation sites (N-methyl/N-ethyl adjacent to an activating group) is 1. The second-order valence-electron chi connectivity index (χ2n) is 18.3. The number of likely N-dealkylation sites (tertiary alicyclic amines) is 1. The summed E-state index contributed by atoms with van der Waals surface area (Å²) in [5.74, 6) is -1.56. The zero-order valence-electron chi connectivity index (χ0n) is 40.7. The molecular weight excluding hydrogens is 863 g/mol. The maximum Gasteiger partial charge on any atom is 0.426 e. The standard InChI is InChI=1S/C49H77N7O9S/c1-9-22-56(48(61)43(33(6)11-3)52-46(60)40-21-14-16-23-55(40)8)41(32(4)5)30-42(64-24-10-2)47-51-39(31-66-47)45(59)50-36-28-35-19-12-13-20-37(35)38(29-36)44(58)53-54-49(62)65-27-26-63-25-17-15-18-34(7)57/h12-13,19-20,31-33,36,38,40-43H,9-11,14-18,21-30H2,1-8H3,(H,50,59)(H,52,60)(H,53,58)(H,54,62)/t33-,36-,38+,40+,41+,42+,43-/m0/s1. The molecule has 5 amide bonds. The number of carbonyl (C=O) groups is 6. The van der Waals surface area contributed by atoms with E-state index in [1.165, 1.54) is 11.3 Å². The number of nitrogens with one attached hydrogen (secondary N) is 4. The Morgan fingerprint density at radius 3 is 2.41 bits per heavy atom. The lowest BCUT2D eigenvalue weighted by molar-refractivity contribution is -0.143. The quantitative estimate of drug-likeness (QED) is 0.0583. The van der Waals surface area contributed by atoms with Gasteiger partial charge >= 0.3 is 6.09 Å². The molecule has 4 N–H and O–H groups in total. The van der Waals surface area contributed by atoms with E-state index in [9.17, 15) is 28.8 Å². The van der Waals surface area contributed by atoms with Crippen molar-refractivity contribution < 1.29 is 43.0 Å². The number of ether oxygens (including phenoxy) is 3. The Balaban J connectivity index is 1.42. The van der Waals surface area contributed by atoms with Gasteiger partial charge in [-0.1, -0.05) is 78.6 Å². The normalized spacial score (nSPS) is 19.1. The number of unbranched alkanes of at least 4 members (excludes halogenated alkanes) is 1. The van der Waals surface area contributed by atoms with Crippen LogP contribution in [0.1, 0.15) is 158 Å². The summed E-state index contributed by atoms with van der Waals surface area (Å²) < 4.78 is 17.0. The van der Waals surface area contributed by atoms with E-state index in [2.05, 4.69) is 47.2 Å². The van der Waals surface area contributed by atoms with E-state index >= 15 is 0 Å². The van der Waals surface area contributed by atoms with Crippen molar-refractivity contribution in [3.63, 3.8) is 0 Å². The molecule has 1 aromatic carbocycles. The lowest BCUT2D eigenvalue weighted by Crippen LogP contribution is -2.58. The molecule has 7 atom stereocenters. The first-order valence-electron chi connectivity index (χ1n) is 24.2. The van der Waals surface area contributed by atoms with Crippen LogP contribution in [0.4, 0.5) is 4.79 Å². The fraction of sp³-hybridized carbons (Fsp3) is 0.694. The number of fused-ring (bicyclic) bond motifs is 1. The van der Waals surface area contributed by atoms with Crippen molar-refractivity contribution in [3.8, 4) is 0 Å². The summed E-state index contributed by atoms with van der Waals surface area (Å²) in [5.41, 5.74) is 6.75. The highest BCUT2D eigenvalue weighted by Crippen LogP contribution is 2.34. The van der Waals surface area contributed by atoms with Crippen LogP contribution in [0.25, 0.3) is 0 Å². The summed E-state index contributed by atoms with van der Waals surface area (Å²) in [6.45, 7) is 16.4. The molecule has 1 fully saturated rings. The van der Waals surface area contributed by atoms with Gasteiger partial charge in [0.25, 0.3) is 5.91 Å². The van der Waals surface area contributed by atoms with E-state index in [0.717, 1.165) is 69.0 Å². The second kappa shape index (κ2) is 28.0. The number of nitrogens with zero attached hydrogens (tertiary/aromatic N) is 3. The molecule has 1 aliphatic heterocycles. The summed E-state index contributed by atoms with van der Waals surface area (Å²) >= 11 is 1.34. The Hall–Kier alpha value is -4.45. The molecule has 1 aliphatic carbocycles. The number of aromatic nitrogens is 1. The van der Waals surface area contributed by atoms with Crippen LogP contribution in [-0.4, -0.2) is 121 Å². The largest absolute Gasteiger partial charge is 0.446 e. The van der Waals surface area contributed by atoms with Gasteiger partial charge in [-0.2, -0.15) is 0 Å². The number of benzene rings is 1. The molecule has 2 heterocycles. The first-order valence-corrected chi connectivity index (χ1v) is 25.1. The molecule has 2 aromatic rings. The number of piperidine rings is 1. The van der Waals surface area contributed by atoms with Gasteiger partial charge in [0.05, 0.1) is 18.6 Å². The average Bonchev–Trinajstić information content (AvgIpc) is 3.80. The van der Waals surface area contributed by atoms with Crippen molar-refractivity contribution >= 4 is 46.8 Å². The predicted molar refractivity (Wildman–Crippen MR) is 255 cm³/mol. The number of rotatable bonds is 26. The number of hydrazine groups is 1. The van der Waals surface area contributed by atoms with Crippen LogP contribution in [0.15, 0.2) is 29.6 Å². The lowest BCUT2D eigenvalue weighted by atomic mass is 9.79. The molecular formula is C49H77N7O9S. The van der Waals surface area contributed by atoms with Gasteiger partial charge in [-0.05, 0) is 94.8 Å². The van der Waals surface area contributed by atoms with E-state index < -0.39 is 36.1 Å². The summed E-state index contributed by atoms with van der Waals surface area (Å²) in [5, 5.41) is 8.66. The van der Waals surface area contributed by atoms with E-state index in [1.54, 1.807) is 12.3 Å². The zero-order valence-corrected chi connectivity index (χ0v) is 41.5. The average molecular weight is 940 g/mol. The summed E-state index contributed by atoms with van der Waals surface area (Å²) in [6.07, 6.45) is 6.96. The number of carbonyl (C=O) groups excluding carboxylic acids is 6. The van der Waals surface area contributed by atoms with E-state index in [4.69, 9.17) is 19.2 Å². The number of amides is 5. The molecule has 0 bridgehead atoms. The van der Waals surface area contributed by atoms with Crippen molar-refractivity contribution in [2.24, 2.45) is 11.8 Å². The Morgan fingerprint density at radius 1 is 0.939 bits per heavy atom. The van der Waals surface area contributed by atoms with Crippen LogP contribution in [0.5, 0.6) is 0 Å². The Bertz CT molecular complexity index is 1880. The molecule has 1 saturated heterocycles. The Kier molecular flexibility index (Phi) is 23.0. The highest BCUT2D eigenvalue weighted by Gasteiger charge is 2.39. The molecule has 0 spiro atoms. The molecule has 17 heteroatoms. The van der Waals surface area contributed by atoms with E-state index in [-0.39, 0.29) is 72.8 Å². The predicted octanol–water partition coefficient (Wildman–Crippen LogP) is 6.64. The number of hydrogen-bond donors (Lipinski definition) is 4. The van der Waals surface area contributed by atoms with Crippen molar-refractivity contribution in [2.45, 2.75) is 162 Å². The second-order valence-corrected chi connectivity index (χ2v) is 19.1. The van der Waals surface area contributed by atoms with Gasteiger partial charge < -0.3 is 34.5 Å². The van der Waals surface area contributed by atoms with Gasteiger partial charge in [-0.3, -0.25) is 29.5 Å². The van der Waals surface area contributed by atoms with Gasteiger partial charge in [0.2, 0.25) is 17.7 Å². The third kappa shape index (κ3) is 16.4. The number of ketones is 1. The van der Waals surface area contributed by atoms with Gasteiger partial charge in [0.1, 0.15) is 35.2 Å². The monoisotopic (exact) mass is 940 g/mol. The molecule has 0 saturated carbocycles. The zero-order chi connectivity index (χ0) is 48.2. The molecule has 2 aliphatic rings. The lowest BCUT2D eigenvalue weighted by Gasteiger charge is -2.40. The highest BCUT2D eigenvalue weighted by molar-refractivity contribution is 7.09. The fourth-order valence-corrected chi connectivity index (χ4v) is 9.62. The molecule has 66 heavy (non-hydrogen) atoms. The van der Waals surface area contributed by atoms with Crippen molar-refractivity contribution in [1.29, 1.82) is 0 Å². The van der Waals surface area contributed by atoms with Crippen molar-refractivity contribution in [1.82, 2.24) is 36.3 Å². The summed E-state index contributed by atoms with van der Waals surface area (Å²) in [7, 11) is 1.98. The summed E-state index contributed by atoms with van der Waals surface area (Å²) in [4.78, 5) is 88.1. The SMILES string of the molecule is CCCO[C@H](C[C@H](C(C)C)N(CCC)C(=O)[C@@H](NC(=O)[C@H]1CCCCN1C)[C@@H](C)CC)c1nc(C(=O)N[C@H]2Cc3ccccc3[C@H](C(=O)NNC(=O)OCCOCCCCC(C)=O)C2)cs1. The Labute approximate surface area is 396 Å². The third-order valence-corrected chi connectivity index (χ3v) is 13.6. The molecule has 368 valence electrons. The van der Waals surface area contributed by atoms with Crippen LogP contribution in [0.3, 0.4) is 0 Å². The fourth-order valence-electron chi connectivity index (χ4n) is 8.76. The van der Waals surface area contributed by atoms with Crippen LogP contribution in [-0.2, 0) is 39.8 Å². The summed E-state index contributed by atoms with van der Waals surface area (Å²) in [6, 6.07) is 5.98. The highest BCUT2D eigenvalue weighted by atomic mass is 32.1. The van der Waals surface area contributed by atoms with Crippen molar-refractivity contribution in [2.75, 3.05) is 46.6 Å². The number of hydrogen-bond acceptors (Lipinski definition) is 12. The van der Waals surface area contributed by atoms with Crippen LogP contribution in [0, 0.1) is 11.8 Å². The van der Waals surface area contributed by atoms with Crippen LogP contribution in [0.2, 0.25) is 0 Å². The Morgan fingerprint density at radius 2 is 1.71 bits per heavy atom. The minimum absolute atomic E-state index is 0.00774. The number of Topliss-reactive ketones (excluding diaryl/α,β-unsaturated/α-hetero) is 1. The van der Waals surface area contributed by atoms with Gasteiger partial charge in [0, 0.05) is 50.1 Å². The van der Waals surface area contributed by atoms with Crippen LogP contribution < -0.4 is 21.5 Å². The molecule has 0 unspecified atom stereocenters. The first kappa shape index (κ1) is 54.2. The maximum atomic E-state index is 14.7. The minimum Gasteiger partial charge on any atom is -0.446 e. The molecule has 0 radical (unpaired) electrons. The van der Waals surface area contributed by atoms with Gasteiger partial charge in [0.15, 0.2) is 0 Å². The minimum atomic E-state index is -0.829. The first-order chi connectivity index (χ1) is 31.7. The van der Waals surface area contributed by atoms with E-state index in [0.29, 0.717) is 44.0 Å². The smallest absolute Gasteiger partial charge is 0.426 e. The van der Waals surface area contributed by atoms with Crippen molar-refractivity contribution in [3.05, 3.63) is 51.5 Å². The molecule has 1 aromatic heterocycles. The third-order valence-electron chi connectivity index (χ3n) is 12.7. The maximum absolute atomic E-state index is 14.7. The number of thiazole rings is 1. The molecule has 16 nitrogen and oxygen atoms in total. The van der Waals surface area contributed by atoms with Gasteiger partial charge in [-0.15, -0.1) is 11.3 Å². The van der Waals surface area contributed by atoms with E-state index in [1.807, 2.05) is 57.0 Å².